The molecule has 0 spiro atoms. The second-order valence-corrected chi connectivity index (χ2v) is 9.44. The molecule has 1 aromatic heterocycles. The van der Waals surface area contributed by atoms with Gasteiger partial charge in [-0.25, -0.2) is 9.78 Å². The van der Waals surface area contributed by atoms with E-state index in [-0.39, 0.29) is 12.4 Å². The van der Waals surface area contributed by atoms with E-state index in [1.807, 2.05) is 30.3 Å². The number of rotatable bonds is 17. The fourth-order valence-corrected chi connectivity index (χ4v) is 4.10. The highest BCUT2D eigenvalue weighted by Gasteiger charge is 2.27. The van der Waals surface area contributed by atoms with E-state index in [0.717, 1.165) is 62.6 Å². The number of carbonyl (C=O) groups is 2. The Morgan fingerprint density at radius 3 is 2.06 bits per heavy atom. The molecule has 0 fully saturated rings. The molecule has 0 aliphatic rings. The third kappa shape index (κ3) is 9.87. The molecule has 0 aliphatic carbocycles. The molecule has 1 heterocycles. The number of benzene rings is 1. The van der Waals surface area contributed by atoms with Gasteiger partial charge in [0.2, 0.25) is 0 Å². The van der Waals surface area contributed by atoms with Crippen LogP contribution in [0.4, 0.5) is 0 Å². The Bertz CT molecular complexity index is 865. The number of aromatic nitrogens is 2. The summed E-state index contributed by atoms with van der Waals surface area (Å²) in [5, 5.41) is 0. The van der Waals surface area contributed by atoms with Gasteiger partial charge in [-0.15, -0.1) is 0 Å². The van der Waals surface area contributed by atoms with E-state index in [9.17, 15) is 9.59 Å². The molecule has 0 bridgehead atoms. The standard InChI is InChI=1S/C29H44N2O4/c1-5-9-14-23(7-3)20-34-28(32)18-27(29(33)35-21-24(8-4)15-10-6-2)31-19-26(30-22-31)25-16-12-11-13-17-25/h11-13,16-17,19,22-24,27H,5-10,14-15,18,20-21H2,1-4H3. The van der Waals surface area contributed by atoms with Crippen LogP contribution in [0, 0.1) is 11.8 Å². The summed E-state index contributed by atoms with van der Waals surface area (Å²) in [5.41, 5.74) is 1.70. The van der Waals surface area contributed by atoms with Gasteiger partial charge >= 0.3 is 11.9 Å². The van der Waals surface area contributed by atoms with Gasteiger partial charge in [0.05, 0.1) is 31.7 Å². The zero-order valence-corrected chi connectivity index (χ0v) is 22.1. The van der Waals surface area contributed by atoms with Crippen molar-refractivity contribution in [1.29, 1.82) is 0 Å². The quantitative estimate of drug-likeness (QED) is 0.226. The van der Waals surface area contributed by atoms with Crippen molar-refractivity contribution in [2.75, 3.05) is 13.2 Å². The fraction of sp³-hybridized carbons (Fsp3) is 0.621. The second-order valence-electron chi connectivity index (χ2n) is 9.44. The molecular weight excluding hydrogens is 440 g/mol. The van der Waals surface area contributed by atoms with E-state index >= 15 is 0 Å². The topological polar surface area (TPSA) is 70.4 Å². The SMILES string of the molecule is CCCCC(CC)COC(=O)CC(C(=O)OCC(CC)CCCC)n1cnc(-c2ccccc2)c1. The summed E-state index contributed by atoms with van der Waals surface area (Å²) < 4.78 is 13.0. The van der Waals surface area contributed by atoms with Gasteiger partial charge in [-0.3, -0.25) is 4.79 Å². The Morgan fingerprint density at radius 1 is 0.886 bits per heavy atom. The zero-order chi connectivity index (χ0) is 25.5. The highest BCUT2D eigenvalue weighted by molar-refractivity contribution is 5.81. The van der Waals surface area contributed by atoms with Gasteiger partial charge in [0.1, 0.15) is 6.04 Å². The maximum atomic E-state index is 13.2. The van der Waals surface area contributed by atoms with Crippen LogP contribution in [0.1, 0.15) is 91.5 Å². The van der Waals surface area contributed by atoms with Gasteiger partial charge < -0.3 is 14.0 Å². The number of hydrogen-bond acceptors (Lipinski definition) is 5. The third-order valence-electron chi connectivity index (χ3n) is 6.69. The average Bonchev–Trinajstić information content (AvgIpc) is 3.38. The van der Waals surface area contributed by atoms with E-state index in [1.165, 1.54) is 0 Å². The molecule has 35 heavy (non-hydrogen) atoms. The average molecular weight is 485 g/mol. The number of hydrogen-bond donors (Lipinski definition) is 0. The molecule has 1 aromatic carbocycles. The third-order valence-corrected chi connectivity index (χ3v) is 6.69. The number of ether oxygens (including phenoxy) is 2. The molecule has 2 rings (SSSR count). The van der Waals surface area contributed by atoms with Gasteiger partial charge in [-0.05, 0) is 24.7 Å². The molecular formula is C29H44N2O4. The highest BCUT2D eigenvalue weighted by atomic mass is 16.5. The van der Waals surface area contributed by atoms with Gasteiger partial charge in [0.15, 0.2) is 0 Å². The molecule has 2 aromatic rings. The summed E-state index contributed by atoms with van der Waals surface area (Å²) in [6, 6.07) is 8.97. The molecule has 0 aliphatic heterocycles. The molecule has 6 heteroatoms. The van der Waals surface area contributed by atoms with Crippen LogP contribution < -0.4 is 0 Å². The van der Waals surface area contributed by atoms with Crippen molar-refractivity contribution in [3.8, 4) is 11.3 Å². The monoisotopic (exact) mass is 484 g/mol. The Balaban J connectivity index is 2.10. The van der Waals surface area contributed by atoms with Crippen LogP contribution in [-0.4, -0.2) is 34.7 Å². The lowest BCUT2D eigenvalue weighted by Crippen LogP contribution is -2.27. The van der Waals surface area contributed by atoms with Crippen LogP contribution in [0.25, 0.3) is 11.3 Å². The van der Waals surface area contributed by atoms with Crippen LogP contribution in [0.3, 0.4) is 0 Å². The molecule has 3 unspecified atom stereocenters. The van der Waals surface area contributed by atoms with E-state index in [2.05, 4.69) is 32.7 Å². The summed E-state index contributed by atoms with van der Waals surface area (Å²) >= 11 is 0. The molecule has 0 saturated carbocycles. The van der Waals surface area contributed by atoms with E-state index in [1.54, 1.807) is 17.1 Å². The number of carbonyl (C=O) groups excluding carboxylic acids is 2. The fourth-order valence-electron chi connectivity index (χ4n) is 4.10. The van der Waals surface area contributed by atoms with Gasteiger partial charge in [0, 0.05) is 11.8 Å². The maximum absolute atomic E-state index is 13.2. The summed E-state index contributed by atoms with van der Waals surface area (Å²) in [6.45, 7) is 9.33. The smallest absolute Gasteiger partial charge is 0.329 e. The molecule has 0 saturated heterocycles. The highest BCUT2D eigenvalue weighted by Crippen LogP contribution is 2.23. The molecule has 3 atom stereocenters. The van der Waals surface area contributed by atoms with Gasteiger partial charge in [0.25, 0.3) is 0 Å². The molecule has 0 N–H and O–H groups in total. The number of unbranched alkanes of at least 4 members (excludes halogenated alkanes) is 2. The van der Waals surface area contributed by atoms with E-state index < -0.39 is 12.0 Å². The first kappa shape index (κ1) is 28.6. The van der Waals surface area contributed by atoms with Crippen molar-refractivity contribution in [2.24, 2.45) is 11.8 Å². The largest absolute Gasteiger partial charge is 0.465 e. The first-order chi connectivity index (χ1) is 17.0. The zero-order valence-electron chi connectivity index (χ0n) is 22.1. The summed E-state index contributed by atoms with van der Waals surface area (Å²) in [4.78, 5) is 30.4. The Hall–Kier alpha value is -2.63. The first-order valence-corrected chi connectivity index (χ1v) is 13.4. The number of esters is 2. The van der Waals surface area contributed by atoms with Crippen molar-refractivity contribution >= 4 is 11.9 Å². The van der Waals surface area contributed by atoms with Crippen LogP contribution >= 0.6 is 0 Å². The normalized spacial score (nSPS) is 13.7. The lowest BCUT2D eigenvalue weighted by molar-refractivity contribution is -0.156. The number of nitrogens with zero attached hydrogens (tertiary/aromatic N) is 2. The Labute approximate surface area is 211 Å². The first-order valence-electron chi connectivity index (χ1n) is 13.4. The van der Waals surface area contributed by atoms with E-state index in [4.69, 9.17) is 9.47 Å². The second kappa shape index (κ2) is 16.1. The predicted octanol–water partition coefficient (Wildman–Crippen LogP) is 7.00. The van der Waals surface area contributed by atoms with Crippen molar-refractivity contribution < 1.29 is 19.1 Å². The van der Waals surface area contributed by atoms with Crippen molar-refractivity contribution in [3.63, 3.8) is 0 Å². The maximum Gasteiger partial charge on any atom is 0.329 e. The lowest BCUT2D eigenvalue weighted by atomic mass is 10.0. The van der Waals surface area contributed by atoms with E-state index in [0.29, 0.717) is 25.0 Å². The van der Waals surface area contributed by atoms with Crippen LogP contribution in [-0.2, 0) is 19.1 Å². The molecule has 194 valence electrons. The number of imidazole rings is 1. The summed E-state index contributed by atoms with van der Waals surface area (Å²) in [5.74, 6) is -0.106. The van der Waals surface area contributed by atoms with Gasteiger partial charge in [-0.2, -0.15) is 0 Å². The van der Waals surface area contributed by atoms with Crippen LogP contribution in [0.15, 0.2) is 42.9 Å². The lowest BCUT2D eigenvalue weighted by Gasteiger charge is -2.20. The van der Waals surface area contributed by atoms with Crippen molar-refractivity contribution in [1.82, 2.24) is 9.55 Å². The molecule has 0 radical (unpaired) electrons. The minimum absolute atomic E-state index is 0.0701. The summed E-state index contributed by atoms with van der Waals surface area (Å²) in [7, 11) is 0. The van der Waals surface area contributed by atoms with Crippen molar-refractivity contribution in [3.05, 3.63) is 42.9 Å². The van der Waals surface area contributed by atoms with Crippen LogP contribution in [0.2, 0.25) is 0 Å². The van der Waals surface area contributed by atoms with Crippen LogP contribution in [0.5, 0.6) is 0 Å². The predicted molar refractivity (Wildman–Crippen MR) is 140 cm³/mol. The van der Waals surface area contributed by atoms with Crippen molar-refractivity contribution in [2.45, 2.75) is 91.5 Å². The Kier molecular flexibility index (Phi) is 13.2. The molecule has 0 amide bonds. The minimum Gasteiger partial charge on any atom is -0.465 e. The molecule has 6 nitrogen and oxygen atoms in total. The van der Waals surface area contributed by atoms with Gasteiger partial charge in [-0.1, -0.05) is 96.6 Å². The summed E-state index contributed by atoms with van der Waals surface area (Å²) in [6.07, 6.45) is 11.8. The Morgan fingerprint density at radius 2 is 1.49 bits per heavy atom. The minimum atomic E-state index is -0.799.